The number of aliphatic hydroxyl groups excluding tert-OH is 1. The smallest absolute Gasteiger partial charge is 0.251 e. The average molecular weight is 221 g/mol. The molecule has 4 nitrogen and oxygen atoms in total. The summed E-state index contributed by atoms with van der Waals surface area (Å²) in [6.07, 6.45) is -0.427. The molecule has 0 bridgehead atoms. The first-order valence-electron chi connectivity index (χ1n) is 5.22. The minimum atomic E-state index is -0.874. The van der Waals surface area contributed by atoms with Gasteiger partial charge in [0.25, 0.3) is 5.91 Å². The van der Waals surface area contributed by atoms with E-state index in [0.717, 1.165) is 11.3 Å². The number of hydrogen-bond acceptors (Lipinski definition) is 3. The Morgan fingerprint density at radius 3 is 2.81 bits per heavy atom. The van der Waals surface area contributed by atoms with Gasteiger partial charge in [0.15, 0.2) is 0 Å². The zero-order valence-corrected chi connectivity index (χ0v) is 9.38. The highest BCUT2D eigenvalue weighted by molar-refractivity contribution is 5.83. The Bertz CT molecular complexity index is 405. The Hall–Kier alpha value is -1.55. The first-order valence-corrected chi connectivity index (χ1v) is 5.22. The molecule has 0 saturated carbocycles. The predicted octanol–water partition coefficient (Wildman–Crippen LogP) is 0.959. The molecule has 0 spiro atoms. The van der Waals surface area contributed by atoms with Crippen LogP contribution < -0.4 is 4.74 Å². The Balaban J connectivity index is 2.27. The number of carbonyl (C=O) groups excluding carboxylic acids is 1. The van der Waals surface area contributed by atoms with Gasteiger partial charge in [-0.25, -0.2) is 0 Å². The summed E-state index contributed by atoms with van der Waals surface area (Å²) >= 11 is 0. The van der Waals surface area contributed by atoms with Crippen LogP contribution in [-0.4, -0.2) is 36.2 Å². The van der Waals surface area contributed by atoms with Gasteiger partial charge in [-0.3, -0.25) is 4.79 Å². The predicted molar refractivity (Wildman–Crippen MR) is 59.1 cm³/mol. The van der Waals surface area contributed by atoms with Crippen LogP contribution in [0.5, 0.6) is 5.75 Å². The zero-order chi connectivity index (χ0) is 11.7. The van der Waals surface area contributed by atoms with Gasteiger partial charge in [-0.15, -0.1) is 0 Å². The molecule has 1 heterocycles. The summed E-state index contributed by atoms with van der Waals surface area (Å²) in [5, 5.41) is 9.50. The molecule has 1 N–H and O–H groups in total. The molecule has 1 amide bonds. The Labute approximate surface area is 94.4 Å². The summed E-state index contributed by atoms with van der Waals surface area (Å²) in [5.41, 5.74) is 0.992. The zero-order valence-electron chi connectivity index (χ0n) is 9.38. The molecule has 1 saturated heterocycles. The summed E-state index contributed by atoms with van der Waals surface area (Å²) < 4.78 is 5.14. The largest absolute Gasteiger partial charge is 0.497 e. The number of likely N-dealkylation sites (N-methyl/N-ethyl adjacent to an activating group) is 1. The lowest BCUT2D eigenvalue weighted by Gasteiger charge is -2.20. The number of methoxy groups -OCH3 is 1. The van der Waals surface area contributed by atoms with E-state index in [1.807, 2.05) is 24.3 Å². The lowest BCUT2D eigenvalue weighted by molar-refractivity contribution is -0.134. The summed E-state index contributed by atoms with van der Waals surface area (Å²) in [6.45, 7) is 0. The third kappa shape index (κ3) is 1.76. The van der Waals surface area contributed by atoms with Crippen molar-refractivity contribution in [3.05, 3.63) is 29.8 Å². The van der Waals surface area contributed by atoms with Gasteiger partial charge < -0.3 is 14.7 Å². The molecule has 0 aliphatic carbocycles. The van der Waals surface area contributed by atoms with Crippen molar-refractivity contribution in [2.75, 3.05) is 14.2 Å². The standard InChI is InChI=1S/C12H15NO3/c1-13-10(7-11(14)12(13)15)8-4-3-5-9(6-8)16-2/h3-6,10-11,14H,7H2,1-2H3. The molecular weight excluding hydrogens is 206 g/mol. The number of benzene rings is 1. The minimum absolute atomic E-state index is 0.0578. The maximum absolute atomic E-state index is 11.5. The van der Waals surface area contributed by atoms with E-state index in [9.17, 15) is 9.90 Å². The van der Waals surface area contributed by atoms with Crippen molar-refractivity contribution >= 4 is 5.91 Å². The number of rotatable bonds is 2. The van der Waals surface area contributed by atoms with Gasteiger partial charge in [0, 0.05) is 13.5 Å². The lowest BCUT2D eigenvalue weighted by Crippen LogP contribution is -2.26. The van der Waals surface area contributed by atoms with Crippen molar-refractivity contribution in [3.8, 4) is 5.75 Å². The molecule has 1 aromatic carbocycles. The van der Waals surface area contributed by atoms with Crippen molar-refractivity contribution in [2.45, 2.75) is 18.6 Å². The lowest BCUT2D eigenvalue weighted by atomic mass is 10.0. The van der Waals surface area contributed by atoms with Gasteiger partial charge in [-0.1, -0.05) is 12.1 Å². The molecule has 86 valence electrons. The number of ether oxygens (including phenoxy) is 1. The Morgan fingerprint density at radius 2 is 2.25 bits per heavy atom. The van der Waals surface area contributed by atoms with Crippen LogP contribution in [0.4, 0.5) is 0 Å². The van der Waals surface area contributed by atoms with Crippen LogP contribution in [0.2, 0.25) is 0 Å². The topological polar surface area (TPSA) is 49.8 Å². The minimum Gasteiger partial charge on any atom is -0.497 e. The van der Waals surface area contributed by atoms with Crippen LogP contribution in [-0.2, 0) is 4.79 Å². The fourth-order valence-corrected chi connectivity index (χ4v) is 2.07. The molecular formula is C12H15NO3. The van der Waals surface area contributed by atoms with E-state index in [-0.39, 0.29) is 11.9 Å². The molecule has 4 heteroatoms. The molecule has 2 unspecified atom stereocenters. The van der Waals surface area contributed by atoms with Gasteiger partial charge >= 0.3 is 0 Å². The van der Waals surface area contributed by atoms with Crippen LogP contribution in [0.1, 0.15) is 18.0 Å². The summed E-state index contributed by atoms with van der Waals surface area (Å²) in [5.74, 6) is 0.549. The first-order chi connectivity index (χ1) is 7.63. The second kappa shape index (κ2) is 4.14. The second-order valence-electron chi connectivity index (χ2n) is 3.99. The Kier molecular flexibility index (Phi) is 2.83. The number of hydrogen-bond donors (Lipinski definition) is 1. The molecule has 1 aliphatic rings. The average Bonchev–Trinajstić information content (AvgIpc) is 2.57. The summed E-state index contributed by atoms with van der Waals surface area (Å²) in [4.78, 5) is 13.1. The van der Waals surface area contributed by atoms with E-state index in [2.05, 4.69) is 0 Å². The van der Waals surface area contributed by atoms with Gasteiger partial charge in [0.1, 0.15) is 11.9 Å². The van der Waals surface area contributed by atoms with Crippen molar-refractivity contribution in [2.24, 2.45) is 0 Å². The van der Waals surface area contributed by atoms with E-state index in [4.69, 9.17) is 4.74 Å². The maximum atomic E-state index is 11.5. The SMILES string of the molecule is COc1cccc(C2CC(O)C(=O)N2C)c1. The molecule has 0 aromatic heterocycles. The fraction of sp³-hybridized carbons (Fsp3) is 0.417. The fourth-order valence-electron chi connectivity index (χ4n) is 2.07. The summed E-state index contributed by atoms with van der Waals surface area (Å²) in [6, 6.07) is 7.52. The van der Waals surface area contributed by atoms with Crippen molar-refractivity contribution in [1.29, 1.82) is 0 Å². The van der Waals surface area contributed by atoms with Crippen LogP contribution in [0, 0.1) is 0 Å². The van der Waals surface area contributed by atoms with Gasteiger partial charge in [-0.05, 0) is 17.7 Å². The third-order valence-corrected chi connectivity index (χ3v) is 3.03. The number of aliphatic hydroxyl groups is 1. The number of likely N-dealkylation sites (tertiary alicyclic amines) is 1. The highest BCUT2D eigenvalue weighted by Gasteiger charge is 2.36. The number of amides is 1. The van der Waals surface area contributed by atoms with E-state index in [1.54, 1.807) is 19.1 Å². The van der Waals surface area contributed by atoms with Crippen molar-refractivity contribution in [1.82, 2.24) is 4.90 Å². The molecule has 1 aliphatic heterocycles. The molecule has 1 fully saturated rings. The van der Waals surface area contributed by atoms with E-state index in [1.165, 1.54) is 0 Å². The Morgan fingerprint density at radius 1 is 1.50 bits per heavy atom. The molecule has 1 aromatic rings. The van der Waals surface area contributed by atoms with Crippen LogP contribution >= 0.6 is 0 Å². The first kappa shape index (κ1) is 11.0. The molecule has 2 rings (SSSR count). The maximum Gasteiger partial charge on any atom is 0.251 e. The van der Waals surface area contributed by atoms with E-state index >= 15 is 0 Å². The van der Waals surface area contributed by atoms with Gasteiger partial charge in [0.2, 0.25) is 0 Å². The molecule has 16 heavy (non-hydrogen) atoms. The van der Waals surface area contributed by atoms with Gasteiger partial charge in [0.05, 0.1) is 13.2 Å². The quantitative estimate of drug-likeness (QED) is 0.809. The second-order valence-corrected chi connectivity index (χ2v) is 3.99. The monoisotopic (exact) mass is 221 g/mol. The molecule has 0 radical (unpaired) electrons. The summed E-state index contributed by atoms with van der Waals surface area (Å²) in [7, 11) is 3.32. The highest BCUT2D eigenvalue weighted by Crippen LogP contribution is 2.32. The van der Waals surface area contributed by atoms with Crippen molar-refractivity contribution < 1.29 is 14.6 Å². The number of nitrogens with zero attached hydrogens (tertiary/aromatic N) is 1. The van der Waals surface area contributed by atoms with Crippen LogP contribution in [0.3, 0.4) is 0 Å². The molecule has 2 atom stereocenters. The van der Waals surface area contributed by atoms with E-state index in [0.29, 0.717) is 6.42 Å². The highest BCUT2D eigenvalue weighted by atomic mass is 16.5. The normalized spacial score (nSPS) is 24.9. The van der Waals surface area contributed by atoms with Gasteiger partial charge in [-0.2, -0.15) is 0 Å². The van der Waals surface area contributed by atoms with Crippen LogP contribution in [0.15, 0.2) is 24.3 Å². The van der Waals surface area contributed by atoms with Crippen molar-refractivity contribution in [3.63, 3.8) is 0 Å². The number of carbonyl (C=O) groups is 1. The third-order valence-electron chi connectivity index (χ3n) is 3.03. The van der Waals surface area contributed by atoms with E-state index < -0.39 is 6.10 Å². The van der Waals surface area contributed by atoms with Crippen LogP contribution in [0.25, 0.3) is 0 Å².